The molecule has 0 aliphatic heterocycles. The third-order valence-electron chi connectivity index (χ3n) is 4.86. The fourth-order valence-corrected chi connectivity index (χ4v) is 4.45. The Labute approximate surface area is 168 Å². The van der Waals surface area contributed by atoms with Gasteiger partial charge in [0.15, 0.2) is 0 Å². The van der Waals surface area contributed by atoms with Gasteiger partial charge in [-0.25, -0.2) is 12.8 Å². The Hall–Kier alpha value is -3.19. The molecule has 0 saturated carbocycles. The van der Waals surface area contributed by atoms with Gasteiger partial charge in [0.25, 0.3) is 15.9 Å². The number of aryl methyl sites for hydroxylation is 2. The molecule has 0 atom stereocenters. The lowest BCUT2D eigenvalue weighted by molar-refractivity contribution is 0.102. The molecule has 148 valence electrons. The molecule has 7 heteroatoms. The van der Waals surface area contributed by atoms with Crippen LogP contribution in [0.1, 0.15) is 27.9 Å². The minimum Gasteiger partial charge on any atom is -0.322 e. The summed E-state index contributed by atoms with van der Waals surface area (Å²) in [5, 5.41) is 2.78. The summed E-state index contributed by atoms with van der Waals surface area (Å²) in [5.74, 6) is -0.775. The van der Waals surface area contributed by atoms with Crippen LogP contribution in [0.5, 0.6) is 0 Å². The summed E-state index contributed by atoms with van der Waals surface area (Å²) < 4.78 is 40.5. The first-order valence-corrected chi connectivity index (χ1v) is 10.7. The number of fused-ring (bicyclic) bond motifs is 1. The molecule has 1 amide bonds. The second kappa shape index (κ2) is 7.67. The zero-order valence-corrected chi connectivity index (χ0v) is 16.3. The summed E-state index contributed by atoms with van der Waals surface area (Å²) in [4.78, 5) is 12.5. The van der Waals surface area contributed by atoms with Gasteiger partial charge < -0.3 is 5.32 Å². The molecule has 0 heterocycles. The van der Waals surface area contributed by atoms with Gasteiger partial charge >= 0.3 is 0 Å². The number of sulfonamides is 1. The summed E-state index contributed by atoms with van der Waals surface area (Å²) in [7, 11) is -3.86. The lowest BCUT2D eigenvalue weighted by atomic mass is 10.1. The highest BCUT2D eigenvalue weighted by Gasteiger charge is 2.16. The molecule has 3 aromatic carbocycles. The van der Waals surface area contributed by atoms with E-state index in [1.54, 1.807) is 6.07 Å². The first-order valence-electron chi connectivity index (χ1n) is 9.22. The van der Waals surface area contributed by atoms with E-state index in [-0.39, 0.29) is 16.5 Å². The van der Waals surface area contributed by atoms with Crippen molar-refractivity contribution in [3.8, 4) is 0 Å². The molecule has 2 N–H and O–H groups in total. The SMILES string of the molecule is O=C(Nc1ccc(S(=O)(=O)Nc2cccc(F)c2)cc1)c1ccc2c(c1)CCC2. The van der Waals surface area contributed by atoms with Gasteiger partial charge in [-0.3, -0.25) is 9.52 Å². The maximum Gasteiger partial charge on any atom is 0.261 e. The summed E-state index contributed by atoms with van der Waals surface area (Å²) >= 11 is 0. The smallest absolute Gasteiger partial charge is 0.261 e. The molecule has 0 fully saturated rings. The van der Waals surface area contributed by atoms with E-state index in [4.69, 9.17) is 0 Å². The summed E-state index contributed by atoms with van der Waals surface area (Å²) in [6.45, 7) is 0. The van der Waals surface area contributed by atoms with Crippen LogP contribution in [0.3, 0.4) is 0 Å². The van der Waals surface area contributed by atoms with E-state index in [9.17, 15) is 17.6 Å². The minimum absolute atomic E-state index is 0.0114. The number of halogens is 1. The van der Waals surface area contributed by atoms with Crippen LogP contribution < -0.4 is 10.0 Å². The first kappa shape index (κ1) is 19.1. The molecular weight excluding hydrogens is 391 g/mol. The minimum atomic E-state index is -3.86. The van der Waals surface area contributed by atoms with E-state index < -0.39 is 15.8 Å². The van der Waals surface area contributed by atoms with Crippen molar-refractivity contribution in [2.45, 2.75) is 24.2 Å². The Morgan fingerprint density at radius 3 is 2.38 bits per heavy atom. The van der Waals surface area contributed by atoms with Crippen LogP contribution in [-0.4, -0.2) is 14.3 Å². The first-order chi connectivity index (χ1) is 13.9. The molecule has 0 aromatic heterocycles. The number of carbonyl (C=O) groups is 1. The van der Waals surface area contributed by atoms with Gasteiger partial charge in [0, 0.05) is 11.3 Å². The van der Waals surface area contributed by atoms with E-state index in [2.05, 4.69) is 10.0 Å². The number of nitrogens with one attached hydrogen (secondary N) is 2. The van der Waals surface area contributed by atoms with Gasteiger partial charge in [-0.15, -0.1) is 0 Å². The van der Waals surface area contributed by atoms with Crippen molar-refractivity contribution >= 4 is 27.3 Å². The average Bonchev–Trinajstić information content (AvgIpc) is 3.16. The highest BCUT2D eigenvalue weighted by atomic mass is 32.2. The zero-order valence-electron chi connectivity index (χ0n) is 15.5. The summed E-state index contributed by atoms with van der Waals surface area (Å²) in [6.07, 6.45) is 3.15. The van der Waals surface area contributed by atoms with Crippen LogP contribution in [0, 0.1) is 5.82 Å². The average molecular weight is 410 g/mol. The molecule has 0 radical (unpaired) electrons. The molecule has 1 aliphatic carbocycles. The van der Waals surface area contributed by atoms with Crippen molar-refractivity contribution in [2.24, 2.45) is 0 Å². The molecule has 29 heavy (non-hydrogen) atoms. The van der Waals surface area contributed by atoms with Crippen LogP contribution >= 0.6 is 0 Å². The zero-order chi connectivity index (χ0) is 20.4. The number of benzene rings is 3. The Balaban J connectivity index is 1.46. The Morgan fingerprint density at radius 1 is 0.862 bits per heavy atom. The summed E-state index contributed by atoms with van der Waals surface area (Å²) in [6, 6.07) is 16.7. The molecule has 0 saturated heterocycles. The highest BCUT2D eigenvalue weighted by molar-refractivity contribution is 7.92. The van der Waals surface area contributed by atoms with Gasteiger partial charge in [-0.2, -0.15) is 0 Å². The fraction of sp³-hybridized carbons (Fsp3) is 0.136. The number of anilines is 2. The number of rotatable bonds is 5. The van der Waals surface area contributed by atoms with Gasteiger partial charge in [0.2, 0.25) is 0 Å². The molecule has 0 spiro atoms. The second-order valence-corrected chi connectivity index (χ2v) is 8.61. The lowest BCUT2D eigenvalue weighted by Gasteiger charge is -2.10. The van der Waals surface area contributed by atoms with Crippen LogP contribution in [0.2, 0.25) is 0 Å². The lowest BCUT2D eigenvalue weighted by Crippen LogP contribution is -2.14. The predicted molar refractivity (Wildman–Crippen MR) is 110 cm³/mol. The Morgan fingerprint density at radius 2 is 1.62 bits per heavy atom. The van der Waals surface area contributed by atoms with E-state index in [1.807, 2.05) is 12.1 Å². The van der Waals surface area contributed by atoms with E-state index in [0.29, 0.717) is 11.3 Å². The van der Waals surface area contributed by atoms with Gasteiger partial charge in [0.1, 0.15) is 5.82 Å². The van der Waals surface area contributed by atoms with Crippen molar-refractivity contribution in [2.75, 3.05) is 10.0 Å². The molecule has 0 unspecified atom stereocenters. The highest BCUT2D eigenvalue weighted by Crippen LogP contribution is 2.24. The number of hydrogen-bond acceptors (Lipinski definition) is 3. The summed E-state index contributed by atoms with van der Waals surface area (Å²) in [5.41, 5.74) is 3.71. The van der Waals surface area contributed by atoms with Crippen molar-refractivity contribution in [1.82, 2.24) is 0 Å². The van der Waals surface area contributed by atoms with Crippen LogP contribution in [-0.2, 0) is 22.9 Å². The topological polar surface area (TPSA) is 75.3 Å². The maximum atomic E-state index is 13.3. The molecule has 4 rings (SSSR count). The van der Waals surface area contributed by atoms with Crippen molar-refractivity contribution in [1.29, 1.82) is 0 Å². The van der Waals surface area contributed by atoms with Gasteiger partial charge in [0.05, 0.1) is 10.6 Å². The third kappa shape index (κ3) is 4.30. The third-order valence-corrected chi connectivity index (χ3v) is 6.26. The second-order valence-electron chi connectivity index (χ2n) is 6.93. The predicted octanol–water partition coefficient (Wildman–Crippen LogP) is 4.37. The Bertz CT molecular complexity index is 1170. The largest absolute Gasteiger partial charge is 0.322 e. The molecular formula is C22H19FN2O3S. The quantitative estimate of drug-likeness (QED) is 0.656. The molecule has 3 aromatic rings. The number of amides is 1. The van der Waals surface area contributed by atoms with E-state index >= 15 is 0 Å². The molecule has 5 nitrogen and oxygen atoms in total. The number of hydrogen-bond donors (Lipinski definition) is 2. The molecule has 0 bridgehead atoms. The maximum absolute atomic E-state index is 13.3. The normalized spacial score (nSPS) is 13.0. The number of carbonyl (C=O) groups excluding carboxylic acids is 1. The van der Waals surface area contributed by atoms with Crippen molar-refractivity contribution < 1.29 is 17.6 Å². The van der Waals surface area contributed by atoms with E-state index in [0.717, 1.165) is 25.3 Å². The standard InChI is InChI=1S/C22H19FN2O3S/c23-18-5-2-6-20(14-18)25-29(27,28)21-11-9-19(10-12-21)24-22(26)17-8-7-15-3-1-4-16(15)13-17/h2,5-14,25H,1,3-4H2,(H,24,26). The molecule has 1 aliphatic rings. The van der Waals surface area contributed by atoms with Crippen molar-refractivity contribution in [3.05, 3.63) is 89.2 Å². The van der Waals surface area contributed by atoms with Crippen LogP contribution in [0.15, 0.2) is 71.6 Å². The van der Waals surface area contributed by atoms with Crippen LogP contribution in [0.4, 0.5) is 15.8 Å². The van der Waals surface area contributed by atoms with Crippen LogP contribution in [0.25, 0.3) is 0 Å². The fourth-order valence-electron chi connectivity index (χ4n) is 3.40. The van der Waals surface area contributed by atoms with Gasteiger partial charge in [-0.1, -0.05) is 12.1 Å². The monoisotopic (exact) mass is 410 g/mol. The van der Waals surface area contributed by atoms with E-state index in [1.165, 1.54) is 53.6 Å². The Kier molecular flexibility index (Phi) is 5.07. The van der Waals surface area contributed by atoms with Gasteiger partial charge in [-0.05, 0) is 85.0 Å². The van der Waals surface area contributed by atoms with Crippen molar-refractivity contribution in [3.63, 3.8) is 0 Å².